The maximum absolute atomic E-state index is 10.3. The van der Waals surface area contributed by atoms with Crippen LogP contribution in [0, 0.1) is 11.8 Å². The molecule has 0 aromatic heterocycles. The van der Waals surface area contributed by atoms with Crippen LogP contribution in [-0.2, 0) is 0 Å². The van der Waals surface area contributed by atoms with Crippen LogP contribution in [0.2, 0.25) is 0 Å². The summed E-state index contributed by atoms with van der Waals surface area (Å²) >= 11 is 0. The van der Waals surface area contributed by atoms with E-state index in [4.69, 9.17) is 0 Å². The van der Waals surface area contributed by atoms with Crippen molar-refractivity contribution in [3.8, 4) is 0 Å². The number of likely N-dealkylation sites (tertiary alicyclic amines) is 1. The van der Waals surface area contributed by atoms with Gasteiger partial charge < -0.3 is 10.0 Å². The summed E-state index contributed by atoms with van der Waals surface area (Å²) in [7, 11) is 4.34. The number of nitrogens with zero attached hydrogens (tertiary/aromatic N) is 2. The van der Waals surface area contributed by atoms with Gasteiger partial charge in [0.25, 0.3) is 0 Å². The number of likely N-dealkylation sites (N-methyl/N-ethyl adjacent to an activating group) is 1. The van der Waals surface area contributed by atoms with Gasteiger partial charge in [-0.15, -0.1) is 0 Å². The molecule has 2 aliphatic rings. The summed E-state index contributed by atoms with van der Waals surface area (Å²) in [6.45, 7) is 5.81. The first-order valence-corrected chi connectivity index (χ1v) is 8.67. The van der Waals surface area contributed by atoms with Crippen molar-refractivity contribution in [1.29, 1.82) is 0 Å². The van der Waals surface area contributed by atoms with Gasteiger partial charge in [0.1, 0.15) is 0 Å². The number of hydrogen-bond donors (Lipinski definition) is 1. The van der Waals surface area contributed by atoms with Crippen molar-refractivity contribution in [2.24, 2.45) is 11.8 Å². The zero-order valence-corrected chi connectivity index (χ0v) is 13.7. The van der Waals surface area contributed by atoms with E-state index in [-0.39, 0.29) is 6.10 Å². The SMILES string of the molecule is CCCC1CCC(O)C(CN2CCCC2CN(C)C)C1. The van der Waals surface area contributed by atoms with Crippen LogP contribution in [0.15, 0.2) is 0 Å². The number of aliphatic hydroxyl groups is 1. The summed E-state index contributed by atoms with van der Waals surface area (Å²) < 4.78 is 0. The average molecular weight is 282 g/mol. The Hall–Kier alpha value is -0.120. The Bertz CT molecular complexity index is 282. The van der Waals surface area contributed by atoms with E-state index in [1.807, 2.05) is 0 Å². The van der Waals surface area contributed by atoms with Gasteiger partial charge in [0.2, 0.25) is 0 Å². The lowest BCUT2D eigenvalue weighted by molar-refractivity contribution is 0.0217. The Labute approximate surface area is 125 Å². The molecular formula is C17H34N2O. The van der Waals surface area contributed by atoms with Gasteiger partial charge >= 0.3 is 0 Å². The monoisotopic (exact) mass is 282 g/mol. The fourth-order valence-corrected chi connectivity index (χ4v) is 4.28. The lowest BCUT2D eigenvalue weighted by Crippen LogP contribution is -2.44. The third kappa shape index (κ3) is 4.44. The fourth-order valence-electron chi connectivity index (χ4n) is 4.28. The topological polar surface area (TPSA) is 26.7 Å². The Morgan fingerprint density at radius 2 is 2.00 bits per heavy atom. The van der Waals surface area contributed by atoms with Crippen LogP contribution in [-0.4, -0.2) is 60.8 Å². The van der Waals surface area contributed by atoms with Crippen LogP contribution in [0.25, 0.3) is 0 Å². The van der Waals surface area contributed by atoms with Gasteiger partial charge in [-0.1, -0.05) is 19.8 Å². The molecule has 118 valence electrons. The zero-order chi connectivity index (χ0) is 14.5. The van der Waals surface area contributed by atoms with E-state index >= 15 is 0 Å². The van der Waals surface area contributed by atoms with Crippen molar-refractivity contribution in [2.75, 3.05) is 33.7 Å². The minimum absolute atomic E-state index is 0.0521. The molecule has 1 heterocycles. The Kier molecular flexibility index (Phi) is 6.31. The predicted octanol–water partition coefficient (Wildman–Crippen LogP) is 2.59. The van der Waals surface area contributed by atoms with Crippen LogP contribution in [0.4, 0.5) is 0 Å². The van der Waals surface area contributed by atoms with Crippen LogP contribution in [0.5, 0.6) is 0 Å². The van der Waals surface area contributed by atoms with Gasteiger partial charge in [0, 0.05) is 19.1 Å². The number of rotatable bonds is 6. The predicted molar refractivity (Wildman–Crippen MR) is 84.9 cm³/mol. The lowest BCUT2D eigenvalue weighted by atomic mass is 9.77. The van der Waals surface area contributed by atoms with Crippen molar-refractivity contribution in [3.63, 3.8) is 0 Å². The Balaban J connectivity index is 1.86. The second kappa shape index (κ2) is 7.77. The molecule has 4 atom stereocenters. The summed E-state index contributed by atoms with van der Waals surface area (Å²) in [5.74, 6) is 1.38. The molecule has 2 fully saturated rings. The largest absolute Gasteiger partial charge is 0.393 e. The van der Waals surface area contributed by atoms with Gasteiger partial charge in [-0.2, -0.15) is 0 Å². The van der Waals surface area contributed by atoms with Gasteiger partial charge in [0.05, 0.1) is 6.10 Å². The molecule has 0 amide bonds. The molecular weight excluding hydrogens is 248 g/mol. The Morgan fingerprint density at radius 1 is 1.20 bits per heavy atom. The maximum Gasteiger partial charge on any atom is 0.0580 e. The lowest BCUT2D eigenvalue weighted by Gasteiger charge is -2.37. The van der Waals surface area contributed by atoms with E-state index in [0.29, 0.717) is 12.0 Å². The maximum atomic E-state index is 10.3. The molecule has 0 aromatic rings. The first-order valence-electron chi connectivity index (χ1n) is 8.67. The second-order valence-corrected chi connectivity index (χ2v) is 7.35. The molecule has 1 saturated heterocycles. The van der Waals surface area contributed by atoms with Gasteiger partial charge in [-0.05, 0) is 64.6 Å². The van der Waals surface area contributed by atoms with Crippen molar-refractivity contribution in [2.45, 2.75) is 64.0 Å². The minimum Gasteiger partial charge on any atom is -0.393 e. The van der Waals surface area contributed by atoms with Crippen molar-refractivity contribution in [3.05, 3.63) is 0 Å². The van der Waals surface area contributed by atoms with Crippen molar-refractivity contribution in [1.82, 2.24) is 9.80 Å². The molecule has 0 spiro atoms. The molecule has 2 rings (SSSR count). The molecule has 3 nitrogen and oxygen atoms in total. The molecule has 0 aromatic carbocycles. The van der Waals surface area contributed by atoms with Crippen LogP contribution in [0.1, 0.15) is 51.9 Å². The van der Waals surface area contributed by atoms with E-state index in [0.717, 1.165) is 18.9 Å². The van der Waals surface area contributed by atoms with Gasteiger partial charge in [0.15, 0.2) is 0 Å². The summed E-state index contributed by atoms with van der Waals surface area (Å²) in [4.78, 5) is 4.96. The standard InChI is InChI=1S/C17H34N2O/c1-4-6-14-8-9-17(20)15(11-14)12-19-10-5-7-16(19)13-18(2)3/h14-17,20H,4-13H2,1-3H3. The summed E-state index contributed by atoms with van der Waals surface area (Å²) in [6, 6.07) is 0.712. The average Bonchev–Trinajstić information content (AvgIpc) is 2.80. The van der Waals surface area contributed by atoms with Crippen molar-refractivity contribution < 1.29 is 5.11 Å². The molecule has 20 heavy (non-hydrogen) atoms. The molecule has 0 bridgehead atoms. The van der Waals surface area contributed by atoms with Gasteiger partial charge in [-0.3, -0.25) is 4.90 Å². The normalized spacial score (nSPS) is 35.9. The minimum atomic E-state index is -0.0521. The second-order valence-electron chi connectivity index (χ2n) is 7.35. The molecule has 0 radical (unpaired) electrons. The molecule has 3 heteroatoms. The third-order valence-electron chi connectivity index (χ3n) is 5.29. The summed E-state index contributed by atoms with van der Waals surface area (Å²) in [6.07, 6.45) is 8.78. The summed E-state index contributed by atoms with van der Waals surface area (Å²) in [5, 5.41) is 10.3. The molecule has 1 aliphatic heterocycles. The molecule has 1 aliphatic carbocycles. The number of aliphatic hydroxyl groups excluding tert-OH is 1. The van der Waals surface area contributed by atoms with E-state index < -0.39 is 0 Å². The number of hydrogen-bond acceptors (Lipinski definition) is 3. The molecule has 1 N–H and O–H groups in total. The highest BCUT2D eigenvalue weighted by Crippen LogP contribution is 2.34. The first kappa shape index (κ1) is 16.3. The van der Waals surface area contributed by atoms with E-state index in [9.17, 15) is 5.11 Å². The van der Waals surface area contributed by atoms with E-state index in [1.165, 1.54) is 51.6 Å². The highest BCUT2D eigenvalue weighted by molar-refractivity contribution is 4.87. The van der Waals surface area contributed by atoms with E-state index in [1.54, 1.807) is 0 Å². The highest BCUT2D eigenvalue weighted by atomic mass is 16.3. The van der Waals surface area contributed by atoms with Gasteiger partial charge in [-0.25, -0.2) is 0 Å². The van der Waals surface area contributed by atoms with Crippen LogP contribution in [0.3, 0.4) is 0 Å². The van der Waals surface area contributed by atoms with E-state index in [2.05, 4.69) is 30.8 Å². The quantitative estimate of drug-likeness (QED) is 0.811. The van der Waals surface area contributed by atoms with Crippen LogP contribution < -0.4 is 0 Å². The summed E-state index contributed by atoms with van der Waals surface area (Å²) in [5.41, 5.74) is 0. The third-order valence-corrected chi connectivity index (χ3v) is 5.29. The zero-order valence-electron chi connectivity index (χ0n) is 13.7. The molecule has 4 unspecified atom stereocenters. The first-order chi connectivity index (χ1) is 9.60. The highest BCUT2D eigenvalue weighted by Gasteiger charge is 2.33. The van der Waals surface area contributed by atoms with Crippen LogP contribution >= 0.6 is 0 Å². The fraction of sp³-hybridized carbons (Fsp3) is 1.00. The Morgan fingerprint density at radius 3 is 2.70 bits per heavy atom. The van der Waals surface area contributed by atoms with Crippen molar-refractivity contribution >= 4 is 0 Å². The smallest absolute Gasteiger partial charge is 0.0580 e. The molecule has 1 saturated carbocycles.